The molecule has 1 N–H and O–H groups in total. The molecule has 94 valence electrons. The molecule has 0 fully saturated rings. The quantitative estimate of drug-likeness (QED) is 0.896. The normalized spacial score (nSPS) is 10.7. The van der Waals surface area contributed by atoms with Crippen LogP contribution in [0.2, 0.25) is 0 Å². The second-order valence-electron chi connectivity index (χ2n) is 4.51. The van der Waals surface area contributed by atoms with Gasteiger partial charge in [-0.05, 0) is 38.9 Å². The molecule has 0 aromatic carbocycles. The lowest BCUT2D eigenvalue weighted by atomic mass is 10.1. The molecule has 0 saturated carbocycles. The summed E-state index contributed by atoms with van der Waals surface area (Å²) in [6, 6.07) is 2.10. The Bertz CT molecular complexity index is 564. The lowest BCUT2D eigenvalue weighted by Crippen LogP contribution is -2.09. The minimum absolute atomic E-state index is 0.699. The van der Waals surface area contributed by atoms with E-state index >= 15 is 0 Å². The Balaban J connectivity index is 2.42. The largest absolute Gasteiger partial charge is 0.316 e. The molecule has 2 aromatic heterocycles. The maximum absolute atomic E-state index is 4.54. The molecule has 0 spiro atoms. The van der Waals surface area contributed by atoms with E-state index in [0.717, 1.165) is 34.6 Å². The topological polar surface area (TPSA) is 50.7 Å². The Hall–Kier alpha value is -1.81. The maximum atomic E-state index is 4.54. The minimum Gasteiger partial charge on any atom is -0.316 e. The Morgan fingerprint density at radius 2 is 1.89 bits per heavy atom. The highest BCUT2D eigenvalue weighted by Crippen LogP contribution is 2.18. The highest BCUT2D eigenvalue weighted by molar-refractivity contribution is 5.55. The summed E-state index contributed by atoms with van der Waals surface area (Å²) < 4.78 is 0. The predicted octanol–water partition coefficient (Wildman–Crippen LogP) is 2.18. The van der Waals surface area contributed by atoms with Gasteiger partial charge in [-0.2, -0.15) is 0 Å². The molecule has 0 saturated heterocycles. The number of aryl methyl sites for hydroxylation is 3. The molecule has 18 heavy (non-hydrogen) atoms. The zero-order valence-corrected chi connectivity index (χ0v) is 11.3. The number of nitrogens with zero attached hydrogens (tertiary/aromatic N) is 3. The van der Waals surface area contributed by atoms with Gasteiger partial charge in [0.05, 0.1) is 0 Å². The van der Waals surface area contributed by atoms with Gasteiger partial charge < -0.3 is 5.32 Å². The molecular weight excluding hydrogens is 224 g/mol. The SMILES string of the molecule is CNCc1cnc(-c2ncc(C)cc2C)nc1C. The average molecular weight is 242 g/mol. The van der Waals surface area contributed by atoms with Crippen LogP contribution in [0.25, 0.3) is 11.5 Å². The lowest BCUT2D eigenvalue weighted by Gasteiger charge is -2.08. The summed E-state index contributed by atoms with van der Waals surface area (Å²) in [5.41, 5.74) is 5.23. The zero-order chi connectivity index (χ0) is 13.1. The number of hydrogen-bond donors (Lipinski definition) is 1. The lowest BCUT2D eigenvalue weighted by molar-refractivity contribution is 0.797. The third-order valence-corrected chi connectivity index (χ3v) is 2.88. The van der Waals surface area contributed by atoms with E-state index in [1.807, 2.05) is 40.2 Å². The van der Waals surface area contributed by atoms with E-state index in [1.54, 1.807) is 0 Å². The monoisotopic (exact) mass is 242 g/mol. The van der Waals surface area contributed by atoms with Gasteiger partial charge in [-0.25, -0.2) is 9.97 Å². The molecule has 0 amide bonds. The van der Waals surface area contributed by atoms with Gasteiger partial charge in [-0.3, -0.25) is 4.98 Å². The summed E-state index contributed by atoms with van der Waals surface area (Å²) in [4.78, 5) is 13.4. The summed E-state index contributed by atoms with van der Waals surface area (Å²) in [7, 11) is 1.92. The second-order valence-corrected chi connectivity index (χ2v) is 4.51. The summed E-state index contributed by atoms with van der Waals surface area (Å²) in [6.07, 6.45) is 3.72. The Morgan fingerprint density at radius 3 is 2.50 bits per heavy atom. The zero-order valence-electron chi connectivity index (χ0n) is 11.3. The fourth-order valence-electron chi connectivity index (χ4n) is 1.92. The third-order valence-electron chi connectivity index (χ3n) is 2.88. The molecule has 4 heteroatoms. The first-order chi connectivity index (χ1) is 8.61. The molecule has 4 nitrogen and oxygen atoms in total. The third kappa shape index (κ3) is 2.54. The average Bonchev–Trinajstić information content (AvgIpc) is 2.32. The molecule has 0 bridgehead atoms. The summed E-state index contributed by atoms with van der Waals surface area (Å²) >= 11 is 0. The van der Waals surface area contributed by atoms with Crippen LogP contribution in [0.15, 0.2) is 18.5 Å². The maximum Gasteiger partial charge on any atom is 0.178 e. The predicted molar refractivity (Wildman–Crippen MR) is 72.2 cm³/mol. The summed E-state index contributed by atoms with van der Waals surface area (Å²) in [6.45, 7) is 6.86. The first-order valence-corrected chi connectivity index (χ1v) is 6.02. The highest BCUT2D eigenvalue weighted by Gasteiger charge is 2.09. The van der Waals surface area contributed by atoms with Crippen LogP contribution >= 0.6 is 0 Å². The summed E-state index contributed by atoms with van der Waals surface area (Å²) in [5, 5.41) is 3.11. The van der Waals surface area contributed by atoms with Gasteiger partial charge in [-0.15, -0.1) is 0 Å². The van der Waals surface area contributed by atoms with Gasteiger partial charge >= 0.3 is 0 Å². The van der Waals surface area contributed by atoms with Crippen molar-refractivity contribution in [2.24, 2.45) is 0 Å². The van der Waals surface area contributed by atoms with Crippen LogP contribution in [0, 0.1) is 20.8 Å². The van der Waals surface area contributed by atoms with Crippen molar-refractivity contribution in [2.45, 2.75) is 27.3 Å². The van der Waals surface area contributed by atoms with Gasteiger partial charge in [0.1, 0.15) is 5.69 Å². The van der Waals surface area contributed by atoms with Crippen molar-refractivity contribution >= 4 is 0 Å². The molecule has 0 unspecified atom stereocenters. The number of hydrogen-bond acceptors (Lipinski definition) is 4. The Labute approximate surface area is 108 Å². The fraction of sp³-hybridized carbons (Fsp3) is 0.357. The molecule has 0 aliphatic carbocycles. The first kappa shape index (κ1) is 12.6. The minimum atomic E-state index is 0.699. The van der Waals surface area contributed by atoms with E-state index in [9.17, 15) is 0 Å². The second kappa shape index (κ2) is 5.23. The van der Waals surface area contributed by atoms with Gasteiger partial charge in [0.15, 0.2) is 5.82 Å². The number of rotatable bonds is 3. The van der Waals surface area contributed by atoms with Crippen molar-refractivity contribution in [3.8, 4) is 11.5 Å². The van der Waals surface area contributed by atoms with Crippen LogP contribution in [0.5, 0.6) is 0 Å². The summed E-state index contributed by atoms with van der Waals surface area (Å²) in [5.74, 6) is 0.699. The van der Waals surface area contributed by atoms with E-state index in [1.165, 1.54) is 0 Å². The van der Waals surface area contributed by atoms with E-state index in [4.69, 9.17) is 0 Å². The smallest absolute Gasteiger partial charge is 0.178 e. The molecule has 0 radical (unpaired) electrons. The number of nitrogens with one attached hydrogen (secondary N) is 1. The van der Waals surface area contributed by atoms with Crippen molar-refractivity contribution in [1.29, 1.82) is 0 Å². The van der Waals surface area contributed by atoms with Gasteiger partial charge in [0, 0.05) is 30.2 Å². The van der Waals surface area contributed by atoms with Crippen LogP contribution < -0.4 is 5.32 Å². The van der Waals surface area contributed by atoms with Crippen LogP contribution in [0.3, 0.4) is 0 Å². The number of pyridine rings is 1. The molecule has 0 atom stereocenters. The van der Waals surface area contributed by atoms with E-state index in [0.29, 0.717) is 5.82 Å². The Morgan fingerprint density at radius 1 is 1.11 bits per heavy atom. The van der Waals surface area contributed by atoms with Crippen molar-refractivity contribution in [3.05, 3.63) is 40.8 Å². The first-order valence-electron chi connectivity index (χ1n) is 6.02. The van der Waals surface area contributed by atoms with Crippen LogP contribution in [-0.4, -0.2) is 22.0 Å². The van der Waals surface area contributed by atoms with Crippen molar-refractivity contribution in [2.75, 3.05) is 7.05 Å². The van der Waals surface area contributed by atoms with Gasteiger partial charge in [0.2, 0.25) is 0 Å². The Kier molecular flexibility index (Phi) is 3.67. The van der Waals surface area contributed by atoms with Crippen molar-refractivity contribution < 1.29 is 0 Å². The molecule has 0 aliphatic rings. The van der Waals surface area contributed by atoms with Crippen LogP contribution in [0.1, 0.15) is 22.4 Å². The molecular formula is C14H18N4. The van der Waals surface area contributed by atoms with E-state index in [-0.39, 0.29) is 0 Å². The van der Waals surface area contributed by atoms with Gasteiger partial charge in [0.25, 0.3) is 0 Å². The molecule has 0 aliphatic heterocycles. The molecule has 2 rings (SSSR count). The standard InChI is InChI=1S/C14H18N4/c1-9-5-10(2)13(16-6-9)14-17-8-12(7-15-4)11(3)18-14/h5-6,8,15H,7H2,1-4H3. The van der Waals surface area contributed by atoms with E-state index < -0.39 is 0 Å². The fourth-order valence-corrected chi connectivity index (χ4v) is 1.92. The van der Waals surface area contributed by atoms with Crippen LogP contribution in [0.4, 0.5) is 0 Å². The van der Waals surface area contributed by atoms with E-state index in [2.05, 4.69) is 26.3 Å². The molecule has 2 aromatic rings. The van der Waals surface area contributed by atoms with Crippen molar-refractivity contribution in [1.82, 2.24) is 20.3 Å². The van der Waals surface area contributed by atoms with Gasteiger partial charge in [-0.1, -0.05) is 6.07 Å². The number of aromatic nitrogens is 3. The van der Waals surface area contributed by atoms with Crippen molar-refractivity contribution in [3.63, 3.8) is 0 Å². The highest BCUT2D eigenvalue weighted by atomic mass is 14.9. The molecule has 2 heterocycles. The van der Waals surface area contributed by atoms with Crippen LogP contribution in [-0.2, 0) is 6.54 Å².